The quantitative estimate of drug-likeness (QED) is 0.343. The van der Waals surface area contributed by atoms with Crippen molar-refractivity contribution in [2.75, 3.05) is 5.32 Å². The maximum atomic E-state index is 12.9. The molecule has 0 spiro atoms. The molecule has 3 aliphatic rings. The summed E-state index contributed by atoms with van der Waals surface area (Å²) in [5.74, 6) is -2.69. The summed E-state index contributed by atoms with van der Waals surface area (Å²) in [5.41, 5.74) is 3.14. The van der Waals surface area contributed by atoms with E-state index in [9.17, 15) is 24.0 Å². The number of rotatable bonds is 6. The van der Waals surface area contributed by atoms with Gasteiger partial charge < -0.3 is 5.32 Å². The van der Waals surface area contributed by atoms with Crippen LogP contribution in [0.1, 0.15) is 49.9 Å². The lowest BCUT2D eigenvalue weighted by molar-refractivity contribution is -0.141. The minimum atomic E-state index is -1.28. The molecule has 4 rings (SSSR count). The summed E-state index contributed by atoms with van der Waals surface area (Å²) in [6, 6.07) is 5.36. The fourth-order valence-electron chi connectivity index (χ4n) is 4.80. The number of hydrogen-bond acceptors (Lipinski definition) is 6. The lowest BCUT2D eigenvalue weighted by atomic mass is 9.92. The van der Waals surface area contributed by atoms with Gasteiger partial charge in [-0.3, -0.25) is 29.4 Å². The first-order valence-corrected chi connectivity index (χ1v) is 11.2. The van der Waals surface area contributed by atoms with Gasteiger partial charge in [-0.25, -0.2) is 10.2 Å². The number of imide groups is 2. The van der Waals surface area contributed by atoms with Crippen LogP contribution in [-0.4, -0.2) is 46.8 Å². The summed E-state index contributed by atoms with van der Waals surface area (Å²) in [6.45, 7) is 3.55. The van der Waals surface area contributed by atoms with Crippen molar-refractivity contribution < 1.29 is 24.0 Å². The molecule has 0 aromatic heterocycles. The van der Waals surface area contributed by atoms with Crippen LogP contribution in [-0.2, 0) is 14.4 Å². The highest BCUT2D eigenvalue weighted by atomic mass is 16.2. The van der Waals surface area contributed by atoms with Crippen LogP contribution < -0.4 is 16.1 Å². The van der Waals surface area contributed by atoms with E-state index in [-0.39, 0.29) is 29.3 Å². The van der Waals surface area contributed by atoms with Crippen molar-refractivity contribution in [2.45, 2.75) is 45.6 Å². The van der Waals surface area contributed by atoms with Crippen LogP contribution in [0.5, 0.6) is 0 Å². The summed E-state index contributed by atoms with van der Waals surface area (Å²) >= 11 is 0. The Morgan fingerprint density at radius 3 is 2.45 bits per heavy atom. The van der Waals surface area contributed by atoms with Crippen LogP contribution in [0.2, 0.25) is 0 Å². The van der Waals surface area contributed by atoms with Gasteiger partial charge in [-0.2, -0.15) is 5.10 Å². The van der Waals surface area contributed by atoms with Gasteiger partial charge in [0.2, 0.25) is 17.7 Å². The molecule has 1 saturated heterocycles. The van der Waals surface area contributed by atoms with Crippen LogP contribution in [0.3, 0.4) is 0 Å². The van der Waals surface area contributed by atoms with Gasteiger partial charge in [-0.1, -0.05) is 20.3 Å². The zero-order chi connectivity index (χ0) is 23.7. The van der Waals surface area contributed by atoms with E-state index >= 15 is 0 Å². The third-order valence-electron chi connectivity index (χ3n) is 6.60. The summed E-state index contributed by atoms with van der Waals surface area (Å²) in [4.78, 5) is 62.8. The van der Waals surface area contributed by atoms with Crippen molar-refractivity contribution in [3.05, 3.63) is 29.8 Å². The van der Waals surface area contributed by atoms with Crippen LogP contribution in [0, 0.1) is 23.7 Å². The molecule has 0 radical (unpaired) electrons. The molecule has 1 aromatic rings. The number of hydrazone groups is 1. The average Bonchev–Trinajstić information content (AvgIpc) is 3.40. The van der Waals surface area contributed by atoms with Gasteiger partial charge in [0.15, 0.2) is 5.92 Å². The molecule has 4 atom stereocenters. The van der Waals surface area contributed by atoms with E-state index < -0.39 is 29.7 Å². The summed E-state index contributed by atoms with van der Waals surface area (Å²) in [5, 5.41) is 8.75. The molecule has 3 fully saturated rings. The summed E-state index contributed by atoms with van der Waals surface area (Å²) < 4.78 is 0. The molecule has 3 N–H and O–H groups in total. The van der Waals surface area contributed by atoms with E-state index in [1.165, 1.54) is 17.0 Å². The van der Waals surface area contributed by atoms with E-state index in [1.807, 2.05) is 0 Å². The van der Waals surface area contributed by atoms with Gasteiger partial charge in [0, 0.05) is 29.4 Å². The largest absolute Gasteiger partial charge is 0.331 e. The first-order valence-electron chi connectivity index (χ1n) is 11.2. The third-order valence-corrected chi connectivity index (χ3v) is 6.60. The second-order valence-electron chi connectivity index (χ2n) is 9.16. The molecule has 2 aliphatic carbocycles. The number of anilines is 1. The van der Waals surface area contributed by atoms with Crippen molar-refractivity contribution >= 4 is 41.6 Å². The Labute approximate surface area is 191 Å². The average molecular weight is 453 g/mol. The van der Waals surface area contributed by atoms with Crippen LogP contribution >= 0.6 is 0 Å². The lowest BCUT2D eigenvalue weighted by Crippen LogP contribution is -2.62. The lowest BCUT2D eigenvalue weighted by Gasteiger charge is -2.36. The smallest absolute Gasteiger partial charge is 0.326 e. The maximum absolute atomic E-state index is 12.9. The number of urea groups is 1. The maximum Gasteiger partial charge on any atom is 0.331 e. The van der Waals surface area contributed by atoms with Gasteiger partial charge in [0.25, 0.3) is 5.91 Å². The number of carbonyl (C=O) groups excluding carboxylic acids is 5. The Bertz CT molecular complexity index is 1020. The van der Waals surface area contributed by atoms with E-state index in [0.717, 1.165) is 31.9 Å². The summed E-state index contributed by atoms with van der Waals surface area (Å²) in [6.07, 6.45) is 4.93. The molecule has 0 unspecified atom stereocenters. The highest BCUT2D eigenvalue weighted by Crippen LogP contribution is 2.47. The third kappa shape index (κ3) is 4.64. The molecular weight excluding hydrogens is 426 g/mol. The number of carbonyl (C=O) groups is 5. The zero-order valence-corrected chi connectivity index (χ0v) is 18.5. The van der Waals surface area contributed by atoms with E-state index in [2.05, 4.69) is 21.2 Å². The molecule has 6 amide bonds. The van der Waals surface area contributed by atoms with Gasteiger partial charge in [-0.05, 0) is 55.4 Å². The number of hydrogen-bond donors (Lipinski definition) is 3. The molecular formula is C23H27N5O5. The van der Waals surface area contributed by atoms with Gasteiger partial charge in [0.1, 0.15) is 0 Å². The second kappa shape index (κ2) is 9.13. The predicted octanol–water partition coefficient (Wildman–Crippen LogP) is 1.88. The zero-order valence-electron chi connectivity index (χ0n) is 18.5. The van der Waals surface area contributed by atoms with E-state index in [4.69, 9.17) is 0 Å². The predicted molar refractivity (Wildman–Crippen MR) is 119 cm³/mol. The highest BCUT2D eigenvalue weighted by molar-refractivity contribution is 6.23. The first-order chi connectivity index (χ1) is 15.7. The molecule has 10 nitrogen and oxygen atoms in total. The van der Waals surface area contributed by atoms with E-state index in [0.29, 0.717) is 11.6 Å². The molecule has 10 heteroatoms. The Morgan fingerprint density at radius 2 is 1.85 bits per heavy atom. The van der Waals surface area contributed by atoms with Crippen LogP contribution in [0.25, 0.3) is 0 Å². The van der Waals surface area contributed by atoms with Gasteiger partial charge in [0.05, 0.1) is 0 Å². The van der Waals surface area contributed by atoms with Gasteiger partial charge in [-0.15, -0.1) is 0 Å². The van der Waals surface area contributed by atoms with Crippen LogP contribution in [0.15, 0.2) is 29.4 Å². The van der Waals surface area contributed by atoms with Crippen LogP contribution in [0.4, 0.5) is 10.5 Å². The topological polar surface area (TPSA) is 137 Å². The molecule has 2 saturated carbocycles. The van der Waals surface area contributed by atoms with Crippen molar-refractivity contribution in [2.24, 2.45) is 28.8 Å². The number of amides is 6. The Balaban J connectivity index is 1.37. The fraction of sp³-hybridized carbons (Fsp3) is 0.478. The minimum Gasteiger partial charge on any atom is -0.326 e. The van der Waals surface area contributed by atoms with Crippen molar-refractivity contribution in [1.82, 2.24) is 15.6 Å². The standard InChI is InChI=1S/C23H27N5O5/c1-12(2)19(29)25-16-7-5-14(6-8-16)20(30)27-24-11-17-21(31)26-23(33)28(22(17)32)18-10-13-3-4-15(18)9-13/h5-8,11-13,15,17-18H,3-4,9-10H2,1-2H3,(H,25,29)(H,27,30)(H,26,31,33)/b24-11-/t13-,15-,17+,18+/m0/s1. The molecule has 1 heterocycles. The Morgan fingerprint density at radius 1 is 1.12 bits per heavy atom. The molecule has 174 valence electrons. The van der Waals surface area contributed by atoms with Crippen molar-refractivity contribution in [3.8, 4) is 0 Å². The monoisotopic (exact) mass is 453 g/mol. The summed E-state index contributed by atoms with van der Waals surface area (Å²) in [7, 11) is 0. The molecule has 1 aliphatic heterocycles. The van der Waals surface area contributed by atoms with Gasteiger partial charge >= 0.3 is 6.03 Å². The Kier molecular flexibility index (Phi) is 6.26. The number of nitrogens with one attached hydrogen (secondary N) is 3. The highest BCUT2D eigenvalue weighted by Gasteiger charge is 2.50. The van der Waals surface area contributed by atoms with Crippen molar-refractivity contribution in [1.29, 1.82) is 0 Å². The number of barbiturate groups is 1. The minimum absolute atomic E-state index is 0.134. The molecule has 1 aromatic carbocycles. The normalized spacial score (nSPS) is 26.8. The number of fused-ring (bicyclic) bond motifs is 2. The second-order valence-corrected chi connectivity index (χ2v) is 9.16. The van der Waals surface area contributed by atoms with Crippen molar-refractivity contribution in [3.63, 3.8) is 0 Å². The SMILES string of the molecule is CC(C)C(=O)Nc1ccc(C(=O)N/N=C\[C@@H]2C(=O)NC(=O)N([C@@H]3C[C@H]4CC[C@H]3C4)C2=O)cc1. The fourth-order valence-corrected chi connectivity index (χ4v) is 4.80. The Hall–Kier alpha value is -3.56. The molecule has 2 bridgehead atoms. The molecule has 33 heavy (non-hydrogen) atoms. The number of nitrogens with zero attached hydrogens (tertiary/aromatic N) is 2. The van der Waals surface area contributed by atoms with E-state index in [1.54, 1.807) is 26.0 Å². The first kappa shape index (κ1) is 22.6. The number of benzene rings is 1.